The number of benzene rings is 1. The summed E-state index contributed by atoms with van der Waals surface area (Å²) in [5.41, 5.74) is 0.646. The summed E-state index contributed by atoms with van der Waals surface area (Å²) in [6.07, 6.45) is 8.55. The molecule has 1 aliphatic carbocycles. The molecule has 1 saturated carbocycles. The summed E-state index contributed by atoms with van der Waals surface area (Å²) in [4.78, 5) is 14.8. The van der Waals surface area contributed by atoms with Gasteiger partial charge in [-0.05, 0) is 25.0 Å². The molecule has 0 heterocycles. The summed E-state index contributed by atoms with van der Waals surface area (Å²) in [6.45, 7) is 0.967. The molecule has 0 saturated heterocycles. The van der Waals surface area contributed by atoms with Gasteiger partial charge in [0, 0.05) is 20.2 Å². The summed E-state index contributed by atoms with van der Waals surface area (Å²) >= 11 is 0. The molecule has 1 aromatic carbocycles. The van der Waals surface area contributed by atoms with E-state index >= 15 is 0 Å². The van der Waals surface area contributed by atoms with Crippen LogP contribution in [0.4, 0.5) is 0 Å². The molecule has 1 fully saturated rings. The van der Waals surface area contributed by atoms with Gasteiger partial charge >= 0.3 is 0 Å². The highest BCUT2D eigenvalue weighted by Gasteiger charge is 2.23. The Balaban J connectivity index is 2.05. The number of carbonyl (C=O) groups excluding carboxylic acids is 1. The molecule has 0 bridgehead atoms. The maximum Gasteiger partial charge on any atom is 0.257 e. The number of nitrogens with zero attached hydrogens (tertiary/aromatic N) is 1. The Morgan fingerprint density at radius 2 is 1.74 bits per heavy atom. The highest BCUT2D eigenvalue weighted by molar-refractivity contribution is 5.97. The molecule has 4 heteroatoms. The van der Waals surface area contributed by atoms with Crippen LogP contribution in [-0.4, -0.2) is 44.2 Å². The largest absolute Gasteiger partial charge is 0.490 e. The van der Waals surface area contributed by atoms with Crippen LogP contribution >= 0.6 is 0 Å². The van der Waals surface area contributed by atoms with Crippen molar-refractivity contribution in [3.05, 3.63) is 29.8 Å². The first-order valence-electron chi connectivity index (χ1n) is 8.72. The van der Waals surface area contributed by atoms with Gasteiger partial charge in [0.2, 0.25) is 0 Å². The molecule has 1 aromatic rings. The number of carbonyl (C=O) groups is 1. The van der Waals surface area contributed by atoms with E-state index in [4.69, 9.17) is 9.47 Å². The van der Waals surface area contributed by atoms with Gasteiger partial charge in [-0.1, -0.05) is 44.2 Å². The second kappa shape index (κ2) is 9.56. The lowest BCUT2D eigenvalue weighted by molar-refractivity contribution is 0.0700. The third-order valence-electron chi connectivity index (χ3n) is 4.61. The van der Waals surface area contributed by atoms with E-state index in [-0.39, 0.29) is 5.91 Å². The second-order valence-corrected chi connectivity index (χ2v) is 6.25. The van der Waals surface area contributed by atoms with Crippen molar-refractivity contribution in [3.8, 4) is 5.75 Å². The zero-order valence-corrected chi connectivity index (χ0v) is 14.4. The fourth-order valence-electron chi connectivity index (χ4n) is 3.18. The smallest absolute Gasteiger partial charge is 0.257 e. The van der Waals surface area contributed by atoms with E-state index < -0.39 is 0 Å². The average Bonchev–Trinajstić information content (AvgIpc) is 2.54. The Morgan fingerprint density at radius 3 is 2.43 bits per heavy atom. The van der Waals surface area contributed by atoms with Crippen molar-refractivity contribution in [2.75, 3.05) is 27.4 Å². The maximum absolute atomic E-state index is 12.9. The van der Waals surface area contributed by atoms with Crippen molar-refractivity contribution >= 4 is 5.91 Å². The molecule has 1 amide bonds. The molecule has 0 atom stereocenters. The van der Waals surface area contributed by atoms with E-state index in [9.17, 15) is 4.79 Å². The van der Waals surface area contributed by atoms with Crippen molar-refractivity contribution < 1.29 is 14.3 Å². The summed E-state index contributed by atoms with van der Waals surface area (Å²) in [6, 6.07) is 7.84. The predicted octanol–water partition coefficient (Wildman–Crippen LogP) is 3.90. The van der Waals surface area contributed by atoms with Crippen molar-refractivity contribution in [3.63, 3.8) is 0 Å². The zero-order valence-electron chi connectivity index (χ0n) is 14.4. The Morgan fingerprint density at radius 1 is 1.09 bits per heavy atom. The Bertz CT molecular complexity index is 481. The Hall–Kier alpha value is -1.55. The van der Waals surface area contributed by atoms with E-state index in [0.29, 0.717) is 30.6 Å². The number of hydrogen-bond donors (Lipinski definition) is 0. The van der Waals surface area contributed by atoms with Gasteiger partial charge in [-0.25, -0.2) is 0 Å². The fraction of sp³-hybridized carbons (Fsp3) is 0.632. The minimum atomic E-state index is 0.0589. The van der Waals surface area contributed by atoms with Crippen LogP contribution in [0.5, 0.6) is 5.75 Å². The Kier molecular flexibility index (Phi) is 7.40. The van der Waals surface area contributed by atoms with Gasteiger partial charge in [-0.3, -0.25) is 4.79 Å². The lowest BCUT2D eigenvalue weighted by atomic mass is 9.95. The molecule has 4 nitrogen and oxygen atoms in total. The Labute approximate surface area is 139 Å². The summed E-state index contributed by atoms with van der Waals surface area (Å²) in [5.74, 6) is 0.704. The third-order valence-corrected chi connectivity index (χ3v) is 4.61. The first kappa shape index (κ1) is 17.8. The fourth-order valence-corrected chi connectivity index (χ4v) is 3.18. The van der Waals surface area contributed by atoms with Gasteiger partial charge in [0.25, 0.3) is 5.91 Å². The van der Waals surface area contributed by atoms with Crippen LogP contribution in [0.25, 0.3) is 0 Å². The number of hydrogen-bond acceptors (Lipinski definition) is 3. The first-order valence-corrected chi connectivity index (χ1v) is 8.72. The maximum atomic E-state index is 12.9. The lowest BCUT2D eigenvalue weighted by Crippen LogP contribution is -2.37. The summed E-state index contributed by atoms with van der Waals surface area (Å²) in [7, 11) is 3.57. The van der Waals surface area contributed by atoms with Crippen LogP contribution < -0.4 is 4.74 Å². The topological polar surface area (TPSA) is 38.8 Å². The van der Waals surface area contributed by atoms with Gasteiger partial charge in [-0.15, -0.1) is 0 Å². The molecule has 0 N–H and O–H groups in total. The van der Waals surface area contributed by atoms with Gasteiger partial charge in [0.1, 0.15) is 12.4 Å². The molecular weight excluding hydrogens is 290 g/mol. The molecular formula is C19H29NO3. The normalized spacial score (nSPS) is 16.4. The van der Waals surface area contributed by atoms with E-state index in [0.717, 1.165) is 12.8 Å². The molecule has 0 spiro atoms. The van der Waals surface area contributed by atoms with Crippen molar-refractivity contribution in [1.82, 2.24) is 4.90 Å². The number of para-hydroxylation sites is 1. The molecule has 2 rings (SSSR count). The predicted molar refractivity (Wildman–Crippen MR) is 92.0 cm³/mol. The van der Waals surface area contributed by atoms with Crippen LogP contribution in [-0.2, 0) is 4.74 Å². The molecule has 1 aliphatic rings. The number of ether oxygens (including phenoxy) is 2. The summed E-state index contributed by atoms with van der Waals surface area (Å²) in [5, 5.41) is 0. The van der Waals surface area contributed by atoms with Crippen molar-refractivity contribution in [1.29, 1.82) is 0 Å². The number of amides is 1. The van der Waals surface area contributed by atoms with Crippen LogP contribution in [0.3, 0.4) is 0 Å². The molecule has 0 aliphatic heterocycles. The zero-order chi connectivity index (χ0) is 16.5. The number of methoxy groups -OCH3 is 1. The molecule has 128 valence electrons. The van der Waals surface area contributed by atoms with Gasteiger partial charge in [-0.2, -0.15) is 0 Å². The summed E-state index contributed by atoms with van der Waals surface area (Å²) < 4.78 is 10.7. The van der Waals surface area contributed by atoms with E-state index in [2.05, 4.69) is 0 Å². The average molecular weight is 319 g/mol. The molecule has 0 aromatic heterocycles. The van der Waals surface area contributed by atoms with Crippen molar-refractivity contribution in [2.45, 2.75) is 51.0 Å². The first-order chi connectivity index (χ1) is 11.2. The van der Waals surface area contributed by atoms with E-state index in [1.165, 1.54) is 32.1 Å². The number of rotatable bonds is 6. The minimum absolute atomic E-state index is 0.0589. The lowest BCUT2D eigenvalue weighted by Gasteiger charge is -2.30. The third kappa shape index (κ3) is 5.24. The highest BCUT2D eigenvalue weighted by atomic mass is 16.5. The van der Waals surface area contributed by atoms with Crippen LogP contribution in [0.1, 0.15) is 55.3 Å². The van der Waals surface area contributed by atoms with Crippen molar-refractivity contribution in [2.24, 2.45) is 0 Å². The monoisotopic (exact) mass is 319 g/mol. The van der Waals surface area contributed by atoms with Crippen LogP contribution in [0, 0.1) is 0 Å². The minimum Gasteiger partial charge on any atom is -0.490 e. The van der Waals surface area contributed by atoms with Crippen LogP contribution in [0.2, 0.25) is 0 Å². The highest BCUT2D eigenvalue weighted by Crippen LogP contribution is 2.25. The SMILES string of the molecule is COCCOc1ccccc1C(=O)N(C)C1CCCCCCC1. The quantitative estimate of drug-likeness (QED) is 0.747. The van der Waals surface area contributed by atoms with E-state index in [1.807, 2.05) is 36.2 Å². The standard InChI is InChI=1S/C19H29NO3/c1-20(16-10-6-4-3-5-7-11-16)19(21)17-12-8-9-13-18(17)23-15-14-22-2/h8-9,12-13,16H,3-7,10-11,14-15H2,1-2H3. The van der Waals surface area contributed by atoms with Gasteiger partial charge in [0.15, 0.2) is 0 Å². The van der Waals surface area contributed by atoms with E-state index in [1.54, 1.807) is 7.11 Å². The van der Waals surface area contributed by atoms with Crippen LogP contribution in [0.15, 0.2) is 24.3 Å². The molecule has 0 unspecified atom stereocenters. The van der Waals surface area contributed by atoms with Gasteiger partial charge in [0.05, 0.1) is 12.2 Å². The van der Waals surface area contributed by atoms with Gasteiger partial charge < -0.3 is 14.4 Å². The molecule has 0 radical (unpaired) electrons. The molecule has 23 heavy (non-hydrogen) atoms. The second-order valence-electron chi connectivity index (χ2n) is 6.25.